The molecule has 0 bridgehead atoms. The molecule has 3 rings (SSSR count). The van der Waals surface area contributed by atoms with E-state index in [9.17, 15) is 13.2 Å². The normalized spacial score (nSPS) is 11.5. The van der Waals surface area contributed by atoms with Gasteiger partial charge in [0.25, 0.3) is 0 Å². The van der Waals surface area contributed by atoms with Crippen molar-refractivity contribution >= 4 is 0 Å². The fourth-order valence-corrected chi connectivity index (χ4v) is 3.11. The maximum Gasteiger partial charge on any atom is 0.423 e. The first-order valence-electron chi connectivity index (χ1n) is 10.2. The summed E-state index contributed by atoms with van der Waals surface area (Å²) in [6.07, 6.45) is 1.93. The molecule has 0 radical (unpaired) electrons. The SMILES string of the molecule is CCCCCCc1ccc(-c2ncc(C(F)(F)F)c(OCc3ccccc3)n2)cc1. The van der Waals surface area contributed by atoms with Crippen molar-refractivity contribution in [1.82, 2.24) is 9.97 Å². The number of halogens is 3. The Morgan fingerprint density at radius 3 is 2.27 bits per heavy atom. The van der Waals surface area contributed by atoms with E-state index in [1.165, 1.54) is 24.8 Å². The number of aryl methyl sites for hydroxylation is 1. The van der Waals surface area contributed by atoms with E-state index in [2.05, 4.69) is 16.9 Å². The Kier molecular flexibility index (Phi) is 7.44. The summed E-state index contributed by atoms with van der Waals surface area (Å²) in [6, 6.07) is 16.7. The van der Waals surface area contributed by atoms with Crippen molar-refractivity contribution in [1.29, 1.82) is 0 Å². The maximum absolute atomic E-state index is 13.4. The third-order valence-electron chi connectivity index (χ3n) is 4.81. The Morgan fingerprint density at radius 1 is 0.867 bits per heavy atom. The van der Waals surface area contributed by atoms with E-state index in [1.807, 2.05) is 30.3 Å². The Morgan fingerprint density at radius 2 is 1.60 bits per heavy atom. The lowest BCUT2D eigenvalue weighted by atomic mass is 10.0. The second-order valence-corrected chi connectivity index (χ2v) is 7.19. The number of nitrogens with zero attached hydrogens (tertiary/aromatic N) is 2. The molecule has 0 aliphatic rings. The molecule has 2 aromatic carbocycles. The molecule has 0 fully saturated rings. The van der Waals surface area contributed by atoms with E-state index in [0.29, 0.717) is 5.56 Å². The Labute approximate surface area is 175 Å². The van der Waals surface area contributed by atoms with Crippen molar-refractivity contribution in [3.63, 3.8) is 0 Å². The number of ether oxygens (including phenoxy) is 1. The van der Waals surface area contributed by atoms with E-state index in [4.69, 9.17) is 4.74 Å². The van der Waals surface area contributed by atoms with Crippen LogP contribution in [0.2, 0.25) is 0 Å². The van der Waals surface area contributed by atoms with E-state index in [0.717, 1.165) is 24.6 Å². The zero-order valence-corrected chi connectivity index (χ0v) is 17.0. The second-order valence-electron chi connectivity index (χ2n) is 7.19. The number of rotatable bonds is 9. The maximum atomic E-state index is 13.4. The van der Waals surface area contributed by atoms with Crippen LogP contribution in [0.4, 0.5) is 13.2 Å². The zero-order valence-electron chi connectivity index (χ0n) is 17.0. The summed E-state index contributed by atoms with van der Waals surface area (Å²) in [5.74, 6) is -0.247. The zero-order chi connectivity index (χ0) is 21.4. The molecule has 0 N–H and O–H groups in total. The van der Waals surface area contributed by atoms with Crippen LogP contribution in [0.15, 0.2) is 60.8 Å². The monoisotopic (exact) mass is 414 g/mol. The molecular weight excluding hydrogens is 389 g/mol. The molecule has 6 heteroatoms. The Hall–Kier alpha value is -2.89. The van der Waals surface area contributed by atoms with E-state index in [1.54, 1.807) is 24.3 Å². The molecule has 0 amide bonds. The average molecular weight is 414 g/mol. The highest BCUT2D eigenvalue weighted by molar-refractivity contribution is 5.56. The van der Waals surface area contributed by atoms with Crippen LogP contribution >= 0.6 is 0 Å². The van der Waals surface area contributed by atoms with Crippen molar-refractivity contribution in [2.24, 2.45) is 0 Å². The van der Waals surface area contributed by atoms with E-state index >= 15 is 0 Å². The smallest absolute Gasteiger partial charge is 0.423 e. The highest BCUT2D eigenvalue weighted by Crippen LogP contribution is 2.36. The fourth-order valence-electron chi connectivity index (χ4n) is 3.11. The molecule has 0 atom stereocenters. The first-order valence-corrected chi connectivity index (χ1v) is 10.2. The predicted octanol–water partition coefficient (Wildman–Crippen LogP) is 6.86. The molecule has 3 aromatic rings. The van der Waals surface area contributed by atoms with Crippen LogP contribution in [-0.2, 0) is 19.2 Å². The van der Waals surface area contributed by atoms with E-state index < -0.39 is 17.6 Å². The van der Waals surface area contributed by atoms with Gasteiger partial charge in [0.1, 0.15) is 12.2 Å². The molecular formula is C24H25F3N2O. The molecule has 3 nitrogen and oxygen atoms in total. The van der Waals surface area contributed by atoms with Crippen molar-refractivity contribution in [3.05, 3.63) is 77.5 Å². The summed E-state index contributed by atoms with van der Waals surface area (Å²) in [5, 5.41) is 0. The van der Waals surface area contributed by atoms with Gasteiger partial charge < -0.3 is 4.74 Å². The Bertz CT molecular complexity index is 925. The highest BCUT2D eigenvalue weighted by Gasteiger charge is 2.36. The molecule has 0 aliphatic heterocycles. The van der Waals surface area contributed by atoms with Gasteiger partial charge in [-0.2, -0.15) is 18.2 Å². The summed E-state index contributed by atoms with van der Waals surface area (Å²) < 4.78 is 45.6. The summed E-state index contributed by atoms with van der Waals surface area (Å²) >= 11 is 0. The molecule has 158 valence electrons. The van der Waals surface area contributed by atoms with Crippen molar-refractivity contribution < 1.29 is 17.9 Å². The highest BCUT2D eigenvalue weighted by atomic mass is 19.4. The lowest BCUT2D eigenvalue weighted by molar-refractivity contribution is -0.139. The predicted molar refractivity (Wildman–Crippen MR) is 111 cm³/mol. The summed E-state index contributed by atoms with van der Waals surface area (Å²) in [4.78, 5) is 8.02. The lowest BCUT2D eigenvalue weighted by Gasteiger charge is -2.14. The molecule has 1 heterocycles. The van der Waals surface area contributed by atoms with Crippen LogP contribution in [-0.4, -0.2) is 9.97 Å². The minimum atomic E-state index is -4.59. The third-order valence-corrected chi connectivity index (χ3v) is 4.81. The minimum Gasteiger partial charge on any atom is -0.472 e. The molecule has 0 aliphatic carbocycles. The topological polar surface area (TPSA) is 35.0 Å². The quantitative estimate of drug-likeness (QED) is 0.359. The van der Waals surface area contributed by atoms with Gasteiger partial charge in [0.15, 0.2) is 5.82 Å². The number of alkyl halides is 3. The van der Waals surface area contributed by atoms with Gasteiger partial charge in [0, 0.05) is 11.8 Å². The lowest BCUT2D eigenvalue weighted by Crippen LogP contribution is -2.11. The number of unbranched alkanes of at least 4 members (excludes halogenated alkanes) is 3. The number of hydrogen-bond acceptors (Lipinski definition) is 3. The first kappa shape index (κ1) is 21.8. The van der Waals surface area contributed by atoms with Crippen LogP contribution in [0.3, 0.4) is 0 Å². The van der Waals surface area contributed by atoms with Crippen LogP contribution in [0, 0.1) is 0 Å². The van der Waals surface area contributed by atoms with Gasteiger partial charge in [0.2, 0.25) is 5.88 Å². The second kappa shape index (κ2) is 10.2. The van der Waals surface area contributed by atoms with Gasteiger partial charge in [-0.1, -0.05) is 80.8 Å². The number of aromatic nitrogens is 2. The van der Waals surface area contributed by atoms with Crippen molar-refractivity contribution in [3.8, 4) is 17.3 Å². The van der Waals surface area contributed by atoms with Gasteiger partial charge in [-0.15, -0.1) is 0 Å². The van der Waals surface area contributed by atoms with Gasteiger partial charge in [-0.25, -0.2) is 4.98 Å². The van der Waals surface area contributed by atoms with Crippen LogP contribution in [0.25, 0.3) is 11.4 Å². The molecule has 0 saturated carbocycles. The average Bonchev–Trinajstić information content (AvgIpc) is 2.75. The van der Waals surface area contributed by atoms with Gasteiger partial charge in [-0.05, 0) is 24.0 Å². The first-order chi connectivity index (χ1) is 14.5. The molecule has 1 aromatic heterocycles. The van der Waals surface area contributed by atoms with Crippen LogP contribution in [0.5, 0.6) is 5.88 Å². The molecule has 0 saturated heterocycles. The van der Waals surface area contributed by atoms with Crippen LogP contribution < -0.4 is 4.74 Å². The van der Waals surface area contributed by atoms with E-state index in [-0.39, 0.29) is 12.4 Å². The van der Waals surface area contributed by atoms with Gasteiger partial charge >= 0.3 is 6.18 Å². The number of benzene rings is 2. The number of hydrogen-bond donors (Lipinski definition) is 0. The van der Waals surface area contributed by atoms with Crippen molar-refractivity contribution in [2.75, 3.05) is 0 Å². The third kappa shape index (κ3) is 6.05. The van der Waals surface area contributed by atoms with Crippen molar-refractivity contribution in [2.45, 2.75) is 51.8 Å². The fraction of sp³-hybridized carbons (Fsp3) is 0.333. The standard InChI is InChI=1S/C24H25F3N2O/c1-2-3-4-6-9-18-12-14-20(15-13-18)22-28-16-21(24(25,26)27)23(29-22)30-17-19-10-7-5-8-11-19/h5,7-8,10-16H,2-4,6,9,17H2,1H3. The Balaban J connectivity index is 1.78. The summed E-state index contributed by atoms with van der Waals surface area (Å²) in [7, 11) is 0. The molecule has 0 unspecified atom stereocenters. The molecule has 30 heavy (non-hydrogen) atoms. The summed E-state index contributed by atoms with van der Waals surface area (Å²) in [5.41, 5.74) is 1.64. The van der Waals surface area contributed by atoms with Gasteiger partial charge in [-0.3, -0.25) is 0 Å². The minimum absolute atomic E-state index is 0.00291. The van der Waals surface area contributed by atoms with Crippen LogP contribution in [0.1, 0.15) is 49.3 Å². The largest absolute Gasteiger partial charge is 0.472 e. The summed E-state index contributed by atoms with van der Waals surface area (Å²) in [6.45, 7) is 2.17. The molecule has 0 spiro atoms. The van der Waals surface area contributed by atoms with Gasteiger partial charge in [0.05, 0.1) is 0 Å².